The van der Waals surface area contributed by atoms with Gasteiger partial charge in [-0.05, 0) is 47.0 Å². The molecule has 1 heterocycles. The second-order valence-electron chi connectivity index (χ2n) is 4.37. The Hall–Kier alpha value is -1.12. The van der Waals surface area contributed by atoms with Gasteiger partial charge in [0.15, 0.2) is 0 Å². The number of nitrogen functional groups attached to an aromatic ring is 1. The molecule has 1 fully saturated rings. The average Bonchev–Trinajstić information content (AvgIpc) is 2.77. The number of nitrogens with zero attached hydrogens (tertiary/aromatic N) is 1. The third kappa shape index (κ3) is 2.60. The topological polar surface area (TPSA) is 106 Å². The summed E-state index contributed by atoms with van der Waals surface area (Å²) in [7, 11) is -3.75. The number of rotatable bonds is 3. The van der Waals surface area contributed by atoms with E-state index in [4.69, 9.17) is 11.5 Å². The first-order valence-electron chi connectivity index (χ1n) is 5.70. The van der Waals surface area contributed by atoms with Crippen LogP contribution in [0.1, 0.15) is 12.8 Å². The van der Waals surface area contributed by atoms with E-state index < -0.39 is 22.0 Å². The quantitative estimate of drug-likeness (QED) is 0.783. The monoisotopic (exact) mass is 347 g/mol. The van der Waals surface area contributed by atoms with Gasteiger partial charge in [-0.15, -0.1) is 0 Å². The Morgan fingerprint density at radius 1 is 1.42 bits per heavy atom. The number of amides is 1. The SMILES string of the molecule is NC(=O)C1CCCN1S(=O)(=O)c1ccc(N)cc1Br. The molecule has 1 aromatic carbocycles. The summed E-state index contributed by atoms with van der Waals surface area (Å²) in [6.45, 7) is 0.298. The zero-order valence-electron chi connectivity index (χ0n) is 10.0. The van der Waals surface area contributed by atoms with Crippen LogP contribution in [0.5, 0.6) is 0 Å². The van der Waals surface area contributed by atoms with E-state index in [9.17, 15) is 13.2 Å². The van der Waals surface area contributed by atoms with Crippen LogP contribution in [0.2, 0.25) is 0 Å². The number of nitrogens with two attached hydrogens (primary N) is 2. The van der Waals surface area contributed by atoms with Crippen molar-refractivity contribution < 1.29 is 13.2 Å². The predicted molar refractivity (Wildman–Crippen MR) is 74.7 cm³/mol. The van der Waals surface area contributed by atoms with Gasteiger partial charge in [0, 0.05) is 16.7 Å². The minimum Gasteiger partial charge on any atom is -0.399 e. The molecule has 0 radical (unpaired) electrons. The minimum atomic E-state index is -3.75. The highest BCUT2D eigenvalue weighted by atomic mass is 79.9. The molecule has 1 amide bonds. The lowest BCUT2D eigenvalue weighted by molar-refractivity contribution is -0.121. The molecule has 0 bridgehead atoms. The highest BCUT2D eigenvalue weighted by Crippen LogP contribution is 2.31. The standard InChI is InChI=1S/C11H14BrN3O3S/c12-8-6-7(13)3-4-10(8)19(17,18)15-5-1-2-9(15)11(14)16/h3-4,6,9H,1-2,5,13H2,(H2,14,16). The molecule has 0 aromatic heterocycles. The number of carbonyl (C=O) groups excluding carboxylic acids is 1. The van der Waals surface area contributed by atoms with E-state index in [0.717, 1.165) is 4.31 Å². The predicted octanol–water partition coefficient (Wildman–Crippen LogP) is 0.670. The van der Waals surface area contributed by atoms with E-state index in [0.29, 0.717) is 29.5 Å². The van der Waals surface area contributed by atoms with Gasteiger partial charge >= 0.3 is 0 Å². The molecule has 1 aliphatic rings. The first kappa shape index (κ1) is 14.3. The summed E-state index contributed by atoms with van der Waals surface area (Å²) in [5.74, 6) is -0.618. The molecule has 1 unspecified atom stereocenters. The summed E-state index contributed by atoms with van der Waals surface area (Å²) >= 11 is 3.18. The van der Waals surface area contributed by atoms with Crippen molar-refractivity contribution in [2.24, 2.45) is 5.73 Å². The molecule has 1 saturated heterocycles. The van der Waals surface area contributed by atoms with E-state index in [1.54, 1.807) is 0 Å². The normalized spacial score (nSPS) is 20.6. The van der Waals surface area contributed by atoms with Crippen molar-refractivity contribution in [3.05, 3.63) is 22.7 Å². The smallest absolute Gasteiger partial charge is 0.244 e. The van der Waals surface area contributed by atoms with Crippen LogP contribution in [0.3, 0.4) is 0 Å². The molecule has 0 aliphatic carbocycles. The Bertz CT molecular complexity index is 618. The van der Waals surface area contributed by atoms with E-state index in [-0.39, 0.29) is 4.90 Å². The highest BCUT2D eigenvalue weighted by Gasteiger charge is 2.39. The van der Waals surface area contributed by atoms with Gasteiger partial charge < -0.3 is 11.5 Å². The zero-order valence-corrected chi connectivity index (χ0v) is 12.4. The van der Waals surface area contributed by atoms with Gasteiger partial charge in [-0.2, -0.15) is 4.31 Å². The fourth-order valence-electron chi connectivity index (χ4n) is 2.16. The summed E-state index contributed by atoms with van der Waals surface area (Å²) in [5, 5.41) is 0. The summed E-state index contributed by atoms with van der Waals surface area (Å²) in [6.07, 6.45) is 1.08. The maximum Gasteiger partial charge on any atom is 0.244 e. The molecule has 1 aromatic rings. The molecule has 1 aliphatic heterocycles. The van der Waals surface area contributed by atoms with Crippen LogP contribution in [0.25, 0.3) is 0 Å². The molecule has 104 valence electrons. The van der Waals surface area contributed by atoms with Gasteiger partial charge in [-0.1, -0.05) is 0 Å². The van der Waals surface area contributed by atoms with E-state index >= 15 is 0 Å². The van der Waals surface area contributed by atoms with Crippen molar-refractivity contribution in [3.63, 3.8) is 0 Å². The molecule has 8 heteroatoms. The lowest BCUT2D eigenvalue weighted by Crippen LogP contribution is -2.43. The van der Waals surface area contributed by atoms with Crippen molar-refractivity contribution in [1.29, 1.82) is 0 Å². The summed E-state index contributed by atoms with van der Waals surface area (Å²) in [4.78, 5) is 11.4. The largest absolute Gasteiger partial charge is 0.399 e. The summed E-state index contributed by atoms with van der Waals surface area (Å²) in [5.41, 5.74) is 11.3. The van der Waals surface area contributed by atoms with Crippen molar-refractivity contribution in [2.75, 3.05) is 12.3 Å². The van der Waals surface area contributed by atoms with Gasteiger partial charge in [0.25, 0.3) is 0 Å². The van der Waals surface area contributed by atoms with Crippen LogP contribution >= 0.6 is 15.9 Å². The third-order valence-corrected chi connectivity index (χ3v) is 5.96. The Balaban J connectivity index is 2.45. The number of carbonyl (C=O) groups is 1. The van der Waals surface area contributed by atoms with Crippen LogP contribution in [0.15, 0.2) is 27.6 Å². The average molecular weight is 348 g/mol. The molecule has 2 rings (SSSR count). The highest BCUT2D eigenvalue weighted by molar-refractivity contribution is 9.10. The number of hydrogen-bond acceptors (Lipinski definition) is 4. The van der Waals surface area contributed by atoms with E-state index in [1.807, 2.05) is 0 Å². The number of primary amides is 1. The maximum absolute atomic E-state index is 12.5. The van der Waals surface area contributed by atoms with Crippen molar-refractivity contribution in [1.82, 2.24) is 4.31 Å². The summed E-state index contributed by atoms with van der Waals surface area (Å²) in [6, 6.07) is 3.68. The third-order valence-electron chi connectivity index (χ3n) is 3.07. The van der Waals surface area contributed by atoms with Crippen LogP contribution < -0.4 is 11.5 Å². The fraction of sp³-hybridized carbons (Fsp3) is 0.364. The number of anilines is 1. The Kier molecular flexibility index (Phi) is 3.84. The lowest BCUT2D eigenvalue weighted by Gasteiger charge is -2.22. The molecule has 6 nitrogen and oxygen atoms in total. The van der Waals surface area contributed by atoms with Gasteiger partial charge in [0.1, 0.15) is 6.04 Å². The Labute approximate surface area is 119 Å². The van der Waals surface area contributed by atoms with E-state index in [1.165, 1.54) is 18.2 Å². The minimum absolute atomic E-state index is 0.0925. The second-order valence-corrected chi connectivity index (χ2v) is 7.08. The molecular formula is C11H14BrN3O3S. The number of hydrogen-bond donors (Lipinski definition) is 2. The molecule has 0 saturated carbocycles. The van der Waals surface area contributed by atoms with Gasteiger partial charge in [-0.25, -0.2) is 8.42 Å². The van der Waals surface area contributed by atoms with E-state index in [2.05, 4.69) is 15.9 Å². The second kappa shape index (κ2) is 5.10. The zero-order chi connectivity index (χ0) is 14.2. The fourth-order valence-corrected chi connectivity index (χ4v) is 4.89. The molecule has 19 heavy (non-hydrogen) atoms. The van der Waals surface area contributed by atoms with Crippen LogP contribution in [0, 0.1) is 0 Å². The van der Waals surface area contributed by atoms with Crippen molar-refractivity contribution in [2.45, 2.75) is 23.8 Å². The van der Waals surface area contributed by atoms with Crippen molar-refractivity contribution in [3.8, 4) is 0 Å². The van der Waals surface area contributed by atoms with Crippen LogP contribution in [-0.2, 0) is 14.8 Å². The number of sulfonamides is 1. The maximum atomic E-state index is 12.5. The summed E-state index contributed by atoms with van der Waals surface area (Å²) < 4.78 is 26.6. The molecular weight excluding hydrogens is 334 g/mol. The molecule has 1 atom stereocenters. The van der Waals surface area contributed by atoms with Crippen LogP contribution in [0.4, 0.5) is 5.69 Å². The van der Waals surface area contributed by atoms with Crippen LogP contribution in [-0.4, -0.2) is 31.2 Å². The molecule has 4 N–H and O–H groups in total. The van der Waals surface area contributed by atoms with Gasteiger partial charge in [0.2, 0.25) is 15.9 Å². The lowest BCUT2D eigenvalue weighted by atomic mass is 10.2. The number of halogens is 1. The van der Waals surface area contributed by atoms with Gasteiger partial charge in [-0.3, -0.25) is 4.79 Å². The first-order chi connectivity index (χ1) is 8.84. The molecule has 0 spiro atoms. The van der Waals surface area contributed by atoms with Gasteiger partial charge in [0.05, 0.1) is 4.90 Å². The van der Waals surface area contributed by atoms with Crippen molar-refractivity contribution >= 4 is 37.5 Å². The Morgan fingerprint density at radius 2 is 2.11 bits per heavy atom. The number of benzene rings is 1. The first-order valence-corrected chi connectivity index (χ1v) is 7.93. The Morgan fingerprint density at radius 3 is 2.68 bits per heavy atom.